The molecule has 0 saturated carbocycles. The molecule has 0 radical (unpaired) electrons. The minimum atomic E-state index is -5.17. The van der Waals surface area contributed by atoms with Gasteiger partial charge in [-0.05, 0) is 112 Å². The Balaban J connectivity index is 0.000000365. The zero-order valence-electron chi connectivity index (χ0n) is 35.4. The number of benzene rings is 4. The monoisotopic (exact) mass is 864 g/mol. The Morgan fingerprint density at radius 1 is 0.593 bits per heavy atom. The van der Waals surface area contributed by atoms with Crippen LogP contribution in [0.2, 0.25) is 10.0 Å². The smallest absolute Gasteiger partial charge is 0.105 e. The molecule has 0 aliphatic carbocycles. The first-order chi connectivity index (χ1) is 27.5. The molecule has 0 aliphatic heterocycles. The fraction of sp³-hybridized carbons (Fsp3) is 0.381. The summed E-state index contributed by atoms with van der Waals surface area (Å²) in [5, 5.41) is 36.6. The second-order valence-corrected chi connectivity index (χ2v) is 17.2. The molecule has 4 aromatic rings. The molecule has 0 aromatic heterocycles. The number of likely N-dealkylation sites (N-methyl/N-ethyl adjacent to an activating group) is 4. The van der Waals surface area contributed by atoms with Crippen LogP contribution < -0.4 is 9.80 Å². The topological polar surface area (TPSA) is 184 Å². The van der Waals surface area contributed by atoms with E-state index in [9.17, 15) is 10.5 Å². The van der Waals surface area contributed by atoms with Crippen molar-refractivity contribution in [3.05, 3.63) is 105 Å². The summed E-state index contributed by atoms with van der Waals surface area (Å²) in [6.07, 6.45) is 0. The molecule has 0 heterocycles. The van der Waals surface area contributed by atoms with Crippen LogP contribution in [0.1, 0.15) is 36.1 Å². The molecule has 0 N–H and O–H groups in total. The number of hydrogen-bond donors (Lipinski definition) is 0. The lowest BCUT2D eigenvalue weighted by molar-refractivity contribution is -0.868. The van der Waals surface area contributed by atoms with Crippen molar-refractivity contribution in [2.24, 2.45) is 20.5 Å². The van der Waals surface area contributed by atoms with Crippen molar-refractivity contribution < 1.29 is 26.5 Å². The normalized spacial score (nSPS) is 11.6. The summed E-state index contributed by atoms with van der Waals surface area (Å²) < 4.78 is 35.9. The first-order valence-electron chi connectivity index (χ1n) is 18.7. The molecule has 0 saturated heterocycles. The molecule has 0 unspecified atom stereocenters. The Morgan fingerprint density at radius 2 is 0.915 bits per heavy atom. The molecule has 59 heavy (non-hydrogen) atoms. The molecule has 4 rings (SSSR count). The largest absolute Gasteiger partial charge is 0.759 e. The molecular formula is C42H54Cl2N10O4S. The summed E-state index contributed by atoms with van der Waals surface area (Å²) >= 11 is 12.0. The van der Waals surface area contributed by atoms with Crippen molar-refractivity contribution in [1.29, 1.82) is 10.5 Å². The minimum absolute atomic E-state index is 0.454. The summed E-state index contributed by atoms with van der Waals surface area (Å²) in [6, 6.07) is 26.5. The van der Waals surface area contributed by atoms with E-state index >= 15 is 0 Å². The Morgan fingerprint density at radius 3 is 1.19 bits per heavy atom. The third kappa shape index (κ3) is 19.1. The Bertz CT molecular complexity index is 2120. The summed E-state index contributed by atoms with van der Waals surface area (Å²) in [7, 11) is 8.05. The first-order valence-corrected chi connectivity index (χ1v) is 20.8. The number of quaternary nitrogens is 2. The number of rotatable bonds is 14. The molecule has 0 fully saturated rings. The van der Waals surface area contributed by atoms with Crippen LogP contribution in [-0.2, 0) is 10.4 Å². The zero-order chi connectivity index (χ0) is 44.6. The molecular weight excluding hydrogens is 812 g/mol. The lowest BCUT2D eigenvalue weighted by atomic mass is 10.1. The molecule has 0 spiro atoms. The highest BCUT2D eigenvalue weighted by molar-refractivity contribution is 7.79. The van der Waals surface area contributed by atoms with Gasteiger partial charge in [-0.25, -0.2) is 0 Å². The van der Waals surface area contributed by atoms with Crippen molar-refractivity contribution in [1.82, 2.24) is 0 Å². The maximum Gasteiger partial charge on any atom is 0.105 e. The van der Waals surface area contributed by atoms with Gasteiger partial charge in [0.2, 0.25) is 0 Å². The van der Waals surface area contributed by atoms with Crippen LogP contribution in [-0.4, -0.2) is 108 Å². The summed E-state index contributed by atoms with van der Waals surface area (Å²) in [4.78, 5) is 4.73. The van der Waals surface area contributed by atoms with Gasteiger partial charge >= 0.3 is 0 Å². The van der Waals surface area contributed by atoms with Gasteiger partial charge in [-0.15, -0.1) is 10.2 Å². The maximum atomic E-state index is 9.19. The van der Waals surface area contributed by atoms with Gasteiger partial charge in [0.1, 0.15) is 23.5 Å². The quantitative estimate of drug-likeness (QED) is 0.0519. The first kappa shape index (κ1) is 50.2. The fourth-order valence-corrected chi connectivity index (χ4v) is 5.59. The van der Waals surface area contributed by atoms with E-state index in [0.29, 0.717) is 32.5 Å². The highest BCUT2D eigenvalue weighted by Gasteiger charge is 2.14. The van der Waals surface area contributed by atoms with Crippen molar-refractivity contribution in [3.8, 4) is 12.1 Å². The molecule has 0 amide bonds. The second-order valence-electron chi connectivity index (χ2n) is 15.5. The number of halogens is 2. The third-order valence-corrected chi connectivity index (χ3v) is 9.10. The number of azo groups is 2. The van der Waals surface area contributed by atoms with Crippen LogP contribution in [0.4, 0.5) is 34.1 Å². The van der Waals surface area contributed by atoms with E-state index in [1.807, 2.05) is 26.0 Å². The van der Waals surface area contributed by atoms with E-state index in [4.69, 9.17) is 40.7 Å². The summed E-state index contributed by atoms with van der Waals surface area (Å²) in [6.45, 7) is 14.4. The lowest BCUT2D eigenvalue weighted by Gasteiger charge is -2.30. The maximum absolute atomic E-state index is 9.19. The standard InChI is InChI=1S/2C21H27ClN5.H2O4S/c2*1-6-26(11-12-27(3,4)5)19-9-10-20(16(2)13-19)24-25-21-14-18(22)8-7-17(21)15-23;1-5(2,3)4/h2*7-10,13-14H,6,11-12H2,1-5H3;(H2,1,2,3,4)/q2*+1;/p-2. The average molecular weight is 866 g/mol. The molecule has 14 nitrogen and oxygen atoms in total. The van der Waals surface area contributed by atoms with Gasteiger partial charge in [0, 0.05) is 44.9 Å². The van der Waals surface area contributed by atoms with Crippen LogP contribution >= 0.6 is 23.2 Å². The molecule has 316 valence electrons. The average Bonchev–Trinajstić information content (AvgIpc) is 3.13. The lowest BCUT2D eigenvalue weighted by Crippen LogP contribution is -2.42. The van der Waals surface area contributed by atoms with Gasteiger partial charge in [0.25, 0.3) is 0 Å². The number of nitrogens with zero attached hydrogens (tertiary/aromatic N) is 10. The third-order valence-electron chi connectivity index (χ3n) is 8.63. The van der Waals surface area contributed by atoms with Gasteiger partial charge in [-0.3, -0.25) is 8.42 Å². The van der Waals surface area contributed by atoms with Crippen LogP contribution in [0.5, 0.6) is 0 Å². The van der Waals surface area contributed by atoms with Crippen LogP contribution in [0, 0.1) is 36.5 Å². The van der Waals surface area contributed by atoms with E-state index in [0.717, 1.165) is 70.7 Å². The van der Waals surface area contributed by atoms with Crippen molar-refractivity contribution in [2.45, 2.75) is 27.7 Å². The number of aryl methyl sites for hydroxylation is 2. The summed E-state index contributed by atoms with van der Waals surface area (Å²) in [5.41, 5.74) is 7.88. The molecule has 0 atom stereocenters. The SMILES string of the molecule is CCN(CC[N+](C)(C)C)c1ccc(N=Nc2cc(Cl)ccc2C#N)c(C)c1.CCN(CC[N+](C)(C)C)c1ccc(N=Nc2cc(Cl)ccc2C#N)c(C)c1.O=S(=O)([O-])[O-]. The highest BCUT2D eigenvalue weighted by atomic mass is 35.5. The number of anilines is 2. The van der Waals surface area contributed by atoms with Crippen molar-refractivity contribution >= 4 is 67.7 Å². The summed E-state index contributed by atoms with van der Waals surface area (Å²) in [5.74, 6) is 0. The second kappa shape index (κ2) is 23.0. The van der Waals surface area contributed by atoms with E-state index in [2.05, 4.69) is 123 Å². The van der Waals surface area contributed by atoms with Gasteiger partial charge in [0.15, 0.2) is 0 Å². The van der Waals surface area contributed by atoms with Crippen LogP contribution in [0.15, 0.2) is 93.3 Å². The predicted octanol–water partition coefficient (Wildman–Crippen LogP) is 9.60. The fourth-order valence-electron chi connectivity index (χ4n) is 5.26. The Hall–Kier alpha value is -4.97. The van der Waals surface area contributed by atoms with E-state index < -0.39 is 10.4 Å². The van der Waals surface area contributed by atoms with E-state index in [-0.39, 0.29) is 0 Å². The Labute approximate surface area is 360 Å². The predicted molar refractivity (Wildman–Crippen MR) is 235 cm³/mol. The molecule has 4 aromatic carbocycles. The van der Waals surface area contributed by atoms with Crippen molar-refractivity contribution in [2.75, 3.05) is 91.4 Å². The molecule has 17 heteroatoms. The van der Waals surface area contributed by atoms with E-state index in [1.54, 1.807) is 36.4 Å². The Kier molecular flexibility index (Phi) is 19.5. The van der Waals surface area contributed by atoms with Crippen LogP contribution in [0.25, 0.3) is 0 Å². The zero-order valence-corrected chi connectivity index (χ0v) is 37.8. The molecule has 0 bridgehead atoms. The molecule has 0 aliphatic rings. The van der Waals surface area contributed by atoms with Gasteiger partial charge in [-0.2, -0.15) is 20.8 Å². The number of hydrogen-bond acceptors (Lipinski definition) is 12. The van der Waals surface area contributed by atoms with E-state index in [1.165, 1.54) is 11.4 Å². The van der Waals surface area contributed by atoms with Gasteiger partial charge < -0.3 is 27.9 Å². The number of nitriles is 2. The van der Waals surface area contributed by atoms with Gasteiger partial charge in [-0.1, -0.05) is 23.2 Å². The van der Waals surface area contributed by atoms with Crippen LogP contribution in [0.3, 0.4) is 0 Å². The van der Waals surface area contributed by atoms with Gasteiger partial charge in [0.05, 0.1) is 91.0 Å². The highest BCUT2D eigenvalue weighted by Crippen LogP contribution is 2.31. The minimum Gasteiger partial charge on any atom is -0.759 e. The van der Waals surface area contributed by atoms with Crippen molar-refractivity contribution in [3.63, 3.8) is 0 Å².